The maximum Gasteiger partial charge on any atom is 0.341 e. The molecule has 2 fully saturated rings. The van der Waals surface area contributed by atoms with Gasteiger partial charge in [0.25, 0.3) is 11.6 Å². The van der Waals surface area contributed by atoms with E-state index in [9.17, 15) is 24.5 Å². The summed E-state index contributed by atoms with van der Waals surface area (Å²) in [5.74, 6) is -2.67. The molecule has 2 aromatic carbocycles. The van der Waals surface area contributed by atoms with Gasteiger partial charge in [-0.2, -0.15) is 0 Å². The molecule has 2 aliphatic heterocycles. The van der Waals surface area contributed by atoms with Crippen LogP contribution in [0.15, 0.2) is 54.6 Å². The first-order valence-electron chi connectivity index (χ1n) is 11.1. The zero-order valence-electron chi connectivity index (χ0n) is 19.5. The molecule has 0 bridgehead atoms. The number of fused-ring (bicyclic) bond motifs is 1. The molecule has 0 radical (unpaired) electrons. The second-order valence-corrected chi connectivity index (χ2v) is 9.68. The van der Waals surface area contributed by atoms with Crippen LogP contribution in [-0.4, -0.2) is 35.9 Å². The van der Waals surface area contributed by atoms with Crippen LogP contribution in [0.4, 0.5) is 16.4 Å². The van der Waals surface area contributed by atoms with Crippen LogP contribution in [0, 0.1) is 29.9 Å². The molecule has 5 rings (SSSR count). The highest BCUT2D eigenvalue weighted by Crippen LogP contribution is 2.49. The number of rotatable bonds is 5. The summed E-state index contributed by atoms with van der Waals surface area (Å²) >= 11 is 1.17. The third kappa shape index (κ3) is 3.55. The molecular formula is C25H21N3O7S. The standard InChI is InChI=1S/C25H21N3O7S/c1-13-14(2)36-24(18(13)25(31)34-3)26-22(29)19-20(15-9-11-17(12-10-15)28(32)33)27(35-21(19)23(26)30)16-7-5-4-6-8-16/h4-12,19-21H,1-3H3. The average Bonchev–Trinajstić information content (AvgIpc) is 3.49. The zero-order chi connectivity index (χ0) is 25.7. The van der Waals surface area contributed by atoms with Crippen LogP contribution in [0.3, 0.4) is 0 Å². The summed E-state index contributed by atoms with van der Waals surface area (Å²) in [6, 6.07) is 14.1. The van der Waals surface area contributed by atoms with Crippen LogP contribution >= 0.6 is 11.3 Å². The van der Waals surface area contributed by atoms with E-state index in [1.54, 1.807) is 50.2 Å². The van der Waals surface area contributed by atoms with Crippen LogP contribution in [0.1, 0.15) is 32.4 Å². The van der Waals surface area contributed by atoms with Gasteiger partial charge in [-0.1, -0.05) is 30.3 Å². The zero-order valence-corrected chi connectivity index (χ0v) is 20.4. The Morgan fingerprint density at radius 1 is 1.06 bits per heavy atom. The quantitative estimate of drug-likeness (QED) is 0.219. The second kappa shape index (κ2) is 8.85. The predicted molar refractivity (Wildman–Crippen MR) is 131 cm³/mol. The van der Waals surface area contributed by atoms with Gasteiger partial charge in [0.1, 0.15) is 10.9 Å². The highest BCUT2D eigenvalue weighted by molar-refractivity contribution is 7.17. The van der Waals surface area contributed by atoms with Crippen molar-refractivity contribution in [2.45, 2.75) is 26.0 Å². The minimum Gasteiger partial charge on any atom is -0.465 e. The number of non-ortho nitro benzene ring substituents is 1. The number of hydroxylamine groups is 1. The van der Waals surface area contributed by atoms with E-state index in [0.29, 0.717) is 16.8 Å². The van der Waals surface area contributed by atoms with E-state index in [0.717, 1.165) is 9.78 Å². The highest BCUT2D eigenvalue weighted by atomic mass is 32.1. The average molecular weight is 508 g/mol. The van der Waals surface area contributed by atoms with Crippen molar-refractivity contribution < 1.29 is 28.9 Å². The number of ether oxygens (including phenoxy) is 1. The van der Waals surface area contributed by atoms with E-state index in [4.69, 9.17) is 9.57 Å². The number of aryl methyl sites for hydroxylation is 1. The molecule has 0 saturated carbocycles. The number of imide groups is 1. The number of amides is 2. The lowest BCUT2D eigenvalue weighted by atomic mass is 9.90. The van der Waals surface area contributed by atoms with Crippen LogP contribution in [0.2, 0.25) is 0 Å². The van der Waals surface area contributed by atoms with Crippen LogP contribution < -0.4 is 9.96 Å². The lowest BCUT2D eigenvalue weighted by Crippen LogP contribution is -2.37. The maximum atomic E-state index is 13.9. The second-order valence-electron chi connectivity index (χ2n) is 8.47. The molecular weight excluding hydrogens is 486 g/mol. The highest BCUT2D eigenvalue weighted by Gasteiger charge is 2.61. The van der Waals surface area contributed by atoms with Gasteiger partial charge in [0.05, 0.1) is 29.3 Å². The van der Waals surface area contributed by atoms with Crippen molar-refractivity contribution in [3.05, 3.63) is 86.3 Å². The summed E-state index contributed by atoms with van der Waals surface area (Å²) in [7, 11) is 1.24. The Balaban J connectivity index is 1.60. The number of nitro benzene ring substituents is 1. The third-order valence-electron chi connectivity index (χ3n) is 6.53. The fourth-order valence-corrected chi connectivity index (χ4v) is 5.81. The number of benzene rings is 2. The minimum atomic E-state index is -1.13. The lowest BCUT2D eigenvalue weighted by molar-refractivity contribution is -0.384. The third-order valence-corrected chi connectivity index (χ3v) is 7.72. The number of esters is 1. The van der Waals surface area contributed by atoms with Crippen LogP contribution in [-0.2, 0) is 19.2 Å². The van der Waals surface area contributed by atoms with Crippen molar-refractivity contribution in [1.29, 1.82) is 0 Å². The Morgan fingerprint density at radius 2 is 1.72 bits per heavy atom. The van der Waals surface area contributed by atoms with Gasteiger partial charge in [0.2, 0.25) is 5.91 Å². The van der Waals surface area contributed by atoms with Crippen molar-refractivity contribution in [2.75, 3.05) is 17.1 Å². The molecule has 0 spiro atoms. The van der Waals surface area contributed by atoms with E-state index in [1.165, 1.54) is 35.6 Å². The van der Waals surface area contributed by atoms with E-state index >= 15 is 0 Å². The Kier molecular flexibility index (Phi) is 5.81. The number of carbonyl (C=O) groups is 3. The molecule has 3 aromatic rings. The molecule has 10 nitrogen and oxygen atoms in total. The summed E-state index contributed by atoms with van der Waals surface area (Å²) in [6.07, 6.45) is -1.13. The monoisotopic (exact) mass is 507 g/mol. The molecule has 2 saturated heterocycles. The summed E-state index contributed by atoms with van der Waals surface area (Å²) in [5, 5.41) is 12.9. The topological polar surface area (TPSA) is 119 Å². The van der Waals surface area contributed by atoms with Gasteiger partial charge in [0, 0.05) is 17.0 Å². The first kappa shape index (κ1) is 23.6. The Morgan fingerprint density at radius 3 is 2.33 bits per heavy atom. The lowest BCUT2D eigenvalue weighted by Gasteiger charge is -2.28. The Labute approximate surface area is 209 Å². The number of methoxy groups -OCH3 is 1. The Bertz CT molecular complexity index is 1390. The maximum absolute atomic E-state index is 13.9. The summed E-state index contributed by atoms with van der Waals surface area (Å²) in [6.45, 7) is 3.54. The molecule has 0 N–H and O–H groups in total. The van der Waals surface area contributed by atoms with Gasteiger partial charge >= 0.3 is 5.97 Å². The number of carbonyl (C=O) groups excluding carboxylic acids is 3. The molecule has 0 aliphatic carbocycles. The molecule has 11 heteroatoms. The van der Waals surface area contributed by atoms with Gasteiger partial charge in [-0.3, -0.25) is 24.5 Å². The van der Waals surface area contributed by atoms with Crippen molar-refractivity contribution >= 4 is 45.5 Å². The van der Waals surface area contributed by atoms with E-state index < -0.39 is 40.8 Å². The number of hydrogen-bond acceptors (Lipinski definition) is 9. The minimum absolute atomic E-state index is 0.0943. The molecule has 2 aliphatic rings. The van der Waals surface area contributed by atoms with Crippen LogP contribution in [0.5, 0.6) is 0 Å². The number of hydrogen-bond donors (Lipinski definition) is 0. The van der Waals surface area contributed by atoms with Crippen molar-refractivity contribution in [3.63, 3.8) is 0 Å². The van der Waals surface area contributed by atoms with Gasteiger partial charge in [-0.15, -0.1) is 11.3 Å². The number of para-hydroxylation sites is 1. The summed E-state index contributed by atoms with van der Waals surface area (Å²) < 4.78 is 4.91. The number of anilines is 2. The molecule has 3 unspecified atom stereocenters. The van der Waals surface area contributed by atoms with Crippen molar-refractivity contribution in [3.8, 4) is 0 Å². The van der Waals surface area contributed by atoms with Crippen LogP contribution in [0.25, 0.3) is 0 Å². The largest absolute Gasteiger partial charge is 0.465 e. The molecule has 3 heterocycles. The molecule has 2 amide bonds. The predicted octanol–water partition coefficient (Wildman–Crippen LogP) is 4.11. The Hall–Kier alpha value is -4.09. The van der Waals surface area contributed by atoms with E-state index in [2.05, 4.69) is 0 Å². The first-order chi connectivity index (χ1) is 17.2. The molecule has 36 heavy (non-hydrogen) atoms. The fraction of sp³-hybridized carbons (Fsp3) is 0.240. The summed E-state index contributed by atoms with van der Waals surface area (Å²) in [5.41, 5.74) is 1.92. The van der Waals surface area contributed by atoms with Crippen molar-refractivity contribution in [2.24, 2.45) is 5.92 Å². The van der Waals surface area contributed by atoms with Gasteiger partial charge in [-0.25, -0.2) is 14.8 Å². The van der Waals surface area contributed by atoms with E-state index in [1.807, 2.05) is 6.07 Å². The van der Waals surface area contributed by atoms with Gasteiger partial charge < -0.3 is 4.74 Å². The molecule has 184 valence electrons. The smallest absolute Gasteiger partial charge is 0.341 e. The normalized spacial score (nSPS) is 21.1. The first-order valence-corrected chi connectivity index (χ1v) is 11.9. The number of nitro groups is 1. The molecule has 3 atom stereocenters. The fourth-order valence-electron chi connectivity index (χ4n) is 4.65. The number of nitrogens with zero attached hydrogens (tertiary/aromatic N) is 3. The summed E-state index contributed by atoms with van der Waals surface area (Å²) in [4.78, 5) is 58.5. The van der Waals surface area contributed by atoms with Gasteiger partial charge in [0.15, 0.2) is 6.10 Å². The SMILES string of the molecule is COC(=O)c1c(N2C(=O)C3ON(c4ccccc4)C(c4ccc([N+](=O)[O-])cc4)C3C2=O)sc(C)c1C. The number of thiophene rings is 1. The van der Waals surface area contributed by atoms with E-state index in [-0.39, 0.29) is 16.3 Å². The van der Waals surface area contributed by atoms with Gasteiger partial charge in [-0.05, 0) is 37.1 Å². The molecule has 1 aromatic heterocycles. The van der Waals surface area contributed by atoms with Crippen molar-refractivity contribution in [1.82, 2.24) is 0 Å².